The first-order valence-corrected chi connectivity index (χ1v) is 5.60. The van der Waals surface area contributed by atoms with E-state index >= 15 is 0 Å². The van der Waals surface area contributed by atoms with Crippen molar-refractivity contribution < 1.29 is 10.2 Å². The van der Waals surface area contributed by atoms with Gasteiger partial charge in [0.15, 0.2) is 0 Å². The molecule has 0 amide bonds. The first kappa shape index (κ1) is 10.1. The normalized spacial score (nSPS) is 25.1. The van der Waals surface area contributed by atoms with Gasteiger partial charge in [-0.3, -0.25) is 0 Å². The third-order valence-corrected chi connectivity index (χ3v) is 3.33. The lowest BCUT2D eigenvalue weighted by Crippen LogP contribution is -1.96. The van der Waals surface area contributed by atoms with Gasteiger partial charge in [0.1, 0.15) is 0 Å². The molecule has 1 aliphatic carbocycles. The average Bonchev–Trinajstić information content (AvgIpc) is 2.44. The molecule has 2 rings (SSSR count). The van der Waals surface area contributed by atoms with Crippen molar-refractivity contribution in [2.75, 3.05) is 6.61 Å². The SMILES string of the molecule is OCC[C@H]1C[C@@H](O)c2cc(Br)ccc21. The zero-order valence-electron chi connectivity index (χ0n) is 7.78. The fourth-order valence-corrected chi connectivity index (χ4v) is 2.54. The summed E-state index contributed by atoms with van der Waals surface area (Å²) in [7, 11) is 0. The van der Waals surface area contributed by atoms with Crippen molar-refractivity contribution in [1.82, 2.24) is 0 Å². The predicted octanol–water partition coefficient (Wildman–Crippen LogP) is 2.35. The maximum atomic E-state index is 9.80. The van der Waals surface area contributed by atoms with Crippen molar-refractivity contribution in [3.63, 3.8) is 0 Å². The molecule has 0 saturated heterocycles. The van der Waals surface area contributed by atoms with Crippen LogP contribution in [0.5, 0.6) is 0 Å². The number of rotatable bonds is 2. The van der Waals surface area contributed by atoms with E-state index in [-0.39, 0.29) is 12.7 Å². The number of hydrogen-bond acceptors (Lipinski definition) is 2. The fraction of sp³-hybridized carbons (Fsp3) is 0.455. The molecule has 0 radical (unpaired) electrons. The summed E-state index contributed by atoms with van der Waals surface area (Å²) in [6, 6.07) is 5.99. The van der Waals surface area contributed by atoms with Crippen molar-refractivity contribution >= 4 is 15.9 Å². The lowest BCUT2D eigenvalue weighted by Gasteiger charge is -2.08. The van der Waals surface area contributed by atoms with Crippen LogP contribution in [0.3, 0.4) is 0 Å². The third kappa shape index (κ3) is 1.72. The molecular formula is C11H13BrO2. The van der Waals surface area contributed by atoms with Gasteiger partial charge < -0.3 is 10.2 Å². The zero-order chi connectivity index (χ0) is 10.1. The van der Waals surface area contributed by atoms with E-state index in [0.717, 1.165) is 22.9 Å². The van der Waals surface area contributed by atoms with E-state index < -0.39 is 0 Å². The van der Waals surface area contributed by atoms with Gasteiger partial charge in [0.25, 0.3) is 0 Å². The number of aliphatic hydroxyl groups excluding tert-OH is 2. The maximum Gasteiger partial charge on any atom is 0.0799 e. The van der Waals surface area contributed by atoms with E-state index in [1.807, 2.05) is 18.2 Å². The number of halogens is 1. The average molecular weight is 257 g/mol. The molecule has 1 aliphatic rings. The molecule has 0 aromatic heterocycles. The first-order valence-electron chi connectivity index (χ1n) is 4.80. The summed E-state index contributed by atoms with van der Waals surface area (Å²) >= 11 is 3.39. The van der Waals surface area contributed by atoms with E-state index in [1.165, 1.54) is 5.56 Å². The van der Waals surface area contributed by atoms with E-state index in [2.05, 4.69) is 15.9 Å². The van der Waals surface area contributed by atoms with Gasteiger partial charge in [0, 0.05) is 11.1 Å². The molecule has 76 valence electrons. The van der Waals surface area contributed by atoms with Crippen LogP contribution in [0.4, 0.5) is 0 Å². The Bertz CT molecular complexity index is 338. The van der Waals surface area contributed by atoms with Crippen LogP contribution in [0, 0.1) is 0 Å². The third-order valence-electron chi connectivity index (χ3n) is 2.83. The molecule has 0 bridgehead atoms. The van der Waals surface area contributed by atoms with Crippen LogP contribution in [0.15, 0.2) is 22.7 Å². The second kappa shape index (κ2) is 4.01. The van der Waals surface area contributed by atoms with Crippen LogP contribution in [-0.2, 0) is 0 Å². The van der Waals surface area contributed by atoms with Gasteiger partial charge in [0.2, 0.25) is 0 Å². The van der Waals surface area contributed by atoms with Crippen molar-refractivity contribution in [2.45, 2.75) is 24.9 Å². The Balaban J connectivity index is 2.34. The Morgan fingerprint density at radius 1 is 1.36 bits per heavy atom. The van der Waals surface area contributed by atoms with Gasteiger partial charge in [-0.25, -0.2) is 0 Å². The second-order valence-corrected chi connectivity index (χ2v) is 4.65. The maximum absolute atomic E-state index is 9.80. The minimum atomic E-state index is -0.362. The number of aliphatic hydroxyl groups is 2. The van der Waals surface area contributed by atoms with Gasteiger partial charge >= 0.3 is 0 Å². The van der Waals surface area contributed by atoms with Gasteiger partial charge in [-0.1, -0.05) is 22.0 Å². The Kier molecular flexibility index (Phi) is 2.91. The highest BCUT2D eigenvalue weighted by Gasteiger charge is 2.28. The Labute approximate surface area is 91.7 Å². The van der Waals surface area contributed by atoms with Crippen LogP contribution in [0.25, 0.3) is 0 Å². The van der Waals surface area contributed by atoms with Crippen LogP contribution in [-0.4, -0.2) is 16.8 Å². The summed E-state index contributed by atoms with van der Waals surface area (Å²) in [6.45, 7) is 0.187. The van der Waals surface area contributed by atoms with Gasteiger partial charge in [0.05, 0.1) is 6.10 Å². The molecule has 2 nitrogen and oxygen atoms in total. The molecule has 2 atom stereocenters. The first-order chi connectivity index (χ1) is 6.72. The van der Waals surface area contributed by atoms with Crippen molar-refractivity contribution in [3.05, 3.63) is 33.8 Å². The van der Waals surface area contributed by atoms with Crippen LogP contribution in [0.1, 0.15) is 36.0 Å². The molecule has 3 heteroatoms. The van der Waals surface area contributed by atoms with E-state index in [9.17, 15) is 5.11 Å². The van der Waals surface area contributed by atoms with E-state index in [4.69, 9.17) is 5.11 Å². The molecule has 1 aromatic rings. The molecule has 0 aliphatic heterocycles. The molecular weight excluding hydrogens is 244 g/mol. The molecule has 0 heterocycles. The van der Waals surface area contributed by atoms with Gasteiger partial charge in [-0.05, 0) is 42.0 Å². The summed E-state index contributed by atoms with van der Waals surface area (Å²) in [5.74, 6) is 0.318. The lowest BCUT2D eigenvalue weighted by molar-refractivity contribution is 0.167. The zero-order valence-corrected chi connectivity index (χ0v) is 9.37. The summed E-state index contributed by atoms with van der Waals surface area (Å²) in [5.41, 5.74) is 2.20. The standard InChI is InChI=1S/C11H13BrO2/c12-8-1-2-9-7(3-4-13)5-11(14)10(9)6-8/h1-2,6-7,11,13-14H,3-5H2/t7-,11+/m0/s1. The highest BCUT2D eigenvalue weighted by molar-refractivity contribution is 9.10. The Hall–Kier alpha value is -0.380. The summed E-state index contributed by atoms with van der Waals surface area (Å²) in [6.07, 6.45) is 1.12. The number of benzene rings is 1. The summed E-state index contributed by atoms with van der Waals surface area (Å²) in [5, 5.41) is 18.7. The quantitative estimate of drug-likeness (QED) is 0.853. The highest BCUT2D eigenvalue weighted by Crippen LogP contribution is 2.42. The monoisotopic (exact) mass is 256 g/mol. The van der Waals surface area contributed by atoms with Crippen molar-refractivity contribution in [2.24, 2.45) is 0 Å². The Morgan fingerprint density at radius 2 is 2.14 bits per heavy atom. The van der Waals surface area contributed by atoms with Gasteiger partial charge in [-0.15, -0.1) is 0 Å². The molecule has 14 heavy (non-hydrogen) atoms. The van der Waals surface area contributed by atoms with Crippen molar-refractivity contribution in [1.29, 1.82) is 0 Å². The summed E-state index contributed by atoms with van der Waals surface area (Å²) < 4.78 is 1.000. The van der Waals surface area contributed by atoms with Crippen LogP contribution < -0.4 is 0 Å². The molecule has 1 aromatic carbocycles. The molecule has 2 N–H and O–H groups in total. The molecule has 0 spiro atoms. The largest absolute Gasteiger partial charge is 0.396 e. The topological polar surface area (TPSA) is 40.5 Å². The molecule has 0 saturated carbocycles. The van der Waals surface area contributed by atoms with Gasteiger partial charge in [-0.2, -0.15) is 0 Å². The van der Waals surface area contributed by atoms with Crippen LogP contribution >= 0.6 is 15.9 Å². The van der Waals surface area contributed by atoms with Crippen molar-refractivity contribution in [3.8, 4) is 0 Å². The van der Waals surface area contributed by atoms with Crippen LogP contribution in [0.2, 0.25) is 0 Å². The Morgan fingerprint density at radius 3 is 2.86 bits per heavy atom. The van der Waals surface area contributed by atoms with E-state index in [1.54, 1.807) is 0 Å². The molecule has 0 unspecified atom stereocenters. The highest BCUT2D eigenvalue weighted by atomic mass is 79.9. The van der Waals surface area contributed by atoms with E-state index in [0.29, 0.717) is 5.92 Å². The number of hydrogen-bond donors (Lipinski definition) is 2. The minimum Gasteiger partial charge on any atom is -0.396 e. The molecule has 0 fully saturated rings. The second-order valence-electron chi connectivity index (χ2n) is 3.73. The number of fused-ring (bicyclic) bond motifs is 1. The lowest BCUT2D eigenvalue weighted by atomic mass is 9.98. The fourth-order valence-electron chi connectivity index (χ4n) is 2.16. The minimum absolute atomic E-state index is 0.187. The smallest absolute Gasteiger partial charge is 0.0799 e. The predicted molar refractivity (Wildman–Crippen MR) is 58.2 cm³/mol. The summed E-state index contributed by atoms with van der Waals surface area (Å²) in [4.78, 5) is 0.